The molecule has 0 aliphatic carbocycles. The van der Waals surface area contributed by atoms with Crippen LogP contribution in [0.15, 0.2) is 24.3 Å². The third-order valence-corrected chi connectivity index (χ3v) is 3.13. The van der Waals surface area contributed by atoms with Gasteiger partial charge in [0.2, 0.25) is 0 Å². The Morgan fingerprint density at radius 2 is 1.90 bits per heavy atom. The van der Waals surface area contributed by atoms with Crippen molar-refractivity contribution in [2.75, 3.05) is 0 Å². The highest BCUT2D eigenvalue weighted by Crippen LogP contribution is 2.20. The lowest BCUT2D eigenvalue weighted by atomic mass is 10.0. The molecule has 5 nitrogen and oxygen atoms in total. The maximum Gasteiger partial charge on any atom is 0.355 e. The molecule has 0 saturated carbocycles. The van der Waals surface area contributed by atoms with Crippen LogP contribution in [0.2, 0.25) is 0 Å². The zero-order valence-electron chi connectivity index (χ0n) is 11.1. The molecule has 1 aromatic carbocycles. The van der Waals surface area contributed by atoms with Gasteiger partial charge in [0.05, 0.1) is 11.1 Å². The fourth-order valence-electron chi connectivity index (χ4n) is 2.09. The summed E-state index contributed by atoms with van der Waals surface area (Å²) >= 11 is 0. The fraction of sp³-hybridized carbons (Fsp3) is 0.267. The van der Waals surface area contributed by atoms with E-state index < -0.39 is 17.6 Å². The molecule has 0 bridgehead atoms. The Morgan fingerprint density at radius 3 is 2.50 bits per heavy atom. The number of carboxylic acids is 2. The molecule has 0 amide bonds. The second kappa shape index (κ2) is 5.69. The van der Waals surface area contributed by atoms with E-state index in [-0.39, 0.29) is 5.56 Å². The minimum atomic E-state index is -1.33. The SMILES string of the molecule is CCCCc1ccc2nc(C(=O)O)c(C(=O)O)cc2c1. The fourth-order valence-corrected chi connectivity index (χ4v) is 2.09. The van der Waals surface area contributed by atoms with Gasteiger partial charge in [-0.1, -0.05) is 19.4 Å². The summed E-state index contributed by atoms with van der Waals surface area (Å²) in [5, 5.41) is 18.8. The number of aromatic carboxylic acids is 2. The number of aryl methyl sites for hydroxylation is 1. The molecule has 0 fully saturated rings. The Labute approximate surface area is 115 Å². The predicted molar refractivity (Wildman–Crippen MR) is 74.3 cm³/mol. The van der Waals surface area contributed by atoms with Crippen molar-refractivity contribution in [3.63, 3.8) is 0 Å². The lowest BCUT2D eigenvalue weighted by molar-refractivity contribution is 0.0647. The molecule has 2 rings (SSSR count). The molecule has 0 unspecified atom stereocenters. The lowest BCUT2D eigenvalue weighted by Crippen LogP contribution is -2.10. The molecule has 104 valence electrons. The third-order valence-electron chi connectivity index (χ3n) is 3.13. The van der Waals surface area contributed by atoms with Crippen molar-refractivity contribution in [2.45, 2.75) is 26.2 Å². The van der Waals surface area contributed by atoms with E-state index in [1.165, 1.54) is 6.07 Å². The first kappa shape index (κ1) is 14.0. The monoisotopic (exact) mass is 273 g/mol. The van der Waals surface area contributed by atoms with Crippen molar-refractivity contribution in [2.24, 2.45) is 0 Å². The number of carbonyl (C=O) groups is 2. The zero-order chi connectivity index (χ0) is 14.7. The maximum absolute atomic E-state index is 11.1. The normalized spacial score (nSPS) is 10.7. The van der Waals surface area contributed by atoms with Gasteiger partial charge in [0.1, 0.15) is 0 Å². The van der Waals surface area contributed by atoms with Crippen molar-refractivity contribution in [1.29, 1.82) is 0 Å². The molecule has 0 spiro atoms. The van der Waals surface area contributed by atoms with E-state index in [9.17, 15) is 9.59 Å². The molecule has 0 radical (unpaired) electrons. The summed E-state index contributed by atoms with van der Waals surface area (Å²) in [6, 6.07) is 6.88. The van der Waals surface area contributed by atoms with Crippen molar-refractivity contribution in [3.05, 3.63) is 41.1 Å². The molecule has 5 heteroatoms. The number of benzene rings is 1. The van der Waals surface area contributed by atoms with Crippen LogP contribution in [0, 0.1) is 0 Å². The van der Waals surface area contributed by atoms with E-state index in [2.05, 4.69) is 11.9 Å². The summed E-state index contributed by atoms with van der Waals surface area (Å²) in [6.07, 6.45) is 3.04. The van der Waals surface area contributed by atoms with Crippen LogP contribution in [-0.2, 0) is 6.42 Å². The lowest BCUT2D eigenvalue weighted by Gasteiger charge is -2.06. The van der Waals surface area contributed by atoms with E-state index >= 15 is 0 Å². The Kier molecular flexibility index (Phi) is 3.98. The molecule has 2 N–H and O–H groups in total. The van der Waals surface area contributed by atoms with Crippen molar-refractivity contribution in [3.8, 4) is 0 Å². The second-order valence-corrected chi connectivity index (χ2v) is 4.63. The van der Waals surface area contributed by atoms with Crippen LogP contribution in [0.25, 0.3) is 10.9 Å². The van der Waals surface area contributed by atoms with Crippen LogP contribution in [0.1, 0.15) is 46.2 Å². The highest BCUT2D eigenvalue weighted by Gasteiger charge is 2.18. The van der Waals surface area contributed by atoms with Gasteiger partial charge in [-0.15, -0.1) is 0 Å². The first-order chi connectivity index (χ1) is 9.52. The van der Waals surface area contributed by atoms with E-state index in [1.54, 1.807) is 6.07 Å². The topological polar surface area (TPSA) is 87.5 Å². The molecule has 1 heterocycles. The number of fused-ring (bicyclic) bond motifs is 1. The van der Waals surface area contributed by atoms with Gasteiger partial charge in [-0.3, -0.25) is 0 Å². The highest BCUT2D eigenvalue weighted by molar-refractivity contribution is 6.03. The minimum absolute atomic E-state index is 0.280. The average molecular weight is 273 g/mol. The largest absolute Gasteiger partial charge is 0.478 e. The van der Waals surface area contributed by atoms with Gasteiger partial charge in [0.15, 0.2) is 5.69 Å². The standard InChI is InChI=1S/C15H15NO4/c1-2-3-4-9-5-6-12-10(7-9)8-11(14(17)18)13(16-12)15(19)20/h5-8H,2-4H2,1H3,(H,17,18)(H,19,20). The molecule has 0 saturated heterocycles. The molecule has 20 heavy (non-hydrogen) atoms. The third kappa shape index (κ3) is 2.77. The van der Waals surface area contributed by atoms with Crippen molar-refractivity contribution in [1.82, 2.24) is 4.98 Å². The predicted octanol–water partition coefficient (Wildman–Crippen LogP) is 2.97. The van der Waals surface area contributed by atoms with Gasteiger partial charge in [0.25, 0.3) is 0 Å². The smallest absolute Gasteiger partial charge is 0.355 e. The van der Waals surface area contributed by atoms with Crippen LogP contribution in [0.4, 0.5) is 0 Å². The molecule has 0 aliphatic rings. The van der Waals surface area contributed by atoms with E-state index in [4.69, 9.17) is 10.2 Å². The molecule has 1 aromatic heterocycles. The molecule has 0 aliphatic heterocycles. The van der Waals surface area contributed by atoms with E-state index in [0.717, 1.165) is 24.8 Å². The van der Waals surface area contributed by atoms with Crippen LogP contribution in [-0.4, -0.2) is 27.1 Å². The Balaban J connectivity index is 2.56. The summed E-state index contributed by atoms with van der Waals surface area (Å²) in [5.41, 5.74) is 0.886. The maximum atomic E-state index is 11.1. The van der Waals surface area contributed by atoms with Gasteiger partial charge < -0.3 is 10.2 Å². The van der Waals surface area contributed by atoms with Crippen molar-refractivity contribution >= 4 is 22.8 Å². The first-order valence-corrected chi connectivity index (χ1v) is 6.43. The van der Waals surface area contributed by atoms with Gasteiger partial charge in [-0.25, -0.2) is 14.6 Å². The van der Waals surface area contributed by atoms with E-state index in [1.807, 2.05) is 12.1 Å². The van der Waals surface area contributed by atoms with Gasteiger partial charge in [-0.2, -0.15) is 0 Å². The Morgan fingerprint density at radius 1 is 1.15 bits per heavy atom. The van der Waals surface area contributed by atoms with Gasteiger partial charge in [0, 0.05) is 5.39 Å². The molecular weight excluding hydrogens is 258 g/mol. The number of aromatic nitrogens is 1. The van der Waals surface area contributed by atoms with Gasteiger partial charge in [-0.05, 0) is 36.6 Å². The quantitative estimate of drug-likeness (QED) is 0.874. The molecule has 0 atom stereocenters. The van der Waals surface area contributed by atoms with E-state index in [0.29, 0.717) is 10.9 Å². The number of hydrogen-bond acceptors (Lipinski definition) is 3. The van der Waals surface area contributed by atoms with Crippen LogP contribution < -0.4 is 0 Å². The van der Waals surface area contributed by atoms with Crippen LogP contribution in [0.3, 0.4) is 0 Å². The zero-order valence-corrected chi connectivity index (χ0v) is 11.1. The average Bonchev–Trinajstić information content (AvgIpc) is 2.43. The molecule has 2 aromatic rings. The highest BCUT2D eigenvalue weighted by atomic mass is 16.4. The van der Waals surface area contributed by atoms with Crippen LogP contribution >= 0.6 is 0 Å². The Hall–Kier alpha value is -2.43. The summed E-state index contributed by atoms with van der Waals surface area (Å²) in [6.45, 7) is 2.10. The summed E-state index contributed by atoms with van der Waals surface area (Å²) < 4.78 is 0. The number of carboxylic acid groups (broad SMARTS) is 2. The summed E-state index contributed by atoms with van der Waals surface area (Å²) in [4.78, 5) is 26.1. The van der Waals surface area contributed by atoms with Gasteiger partial charge >= 0.3 is 11.9 Å². The summed E-state index contributed by atoms with van der Waals surface area (Å²) in [7, 11) is 0. The number of rotatable bonds is 5. The van der Waals surface area contributed by atoms with Crippen molar-refractivity contribution < 1.29 is 19.8 Å². The number of nitrogens with zero attached hydrogens (tertiary/aromatic N) is 1. The molecular formula is C15H15NO4. The first-order valence-electron chi connectivity index (χ1n) is 6.43. The van der Waals surface area contributed by atoms with Crippen LogP contribution in [0.5, 0.6) is 0 Å². The summed E-state index contributed by atoms with van der Waals surface area (Å²) in [5.74, 6) is -2.62. The number of unbranched alkanes of at least 4 members (excludes halogenated alkanes) is 1. The Bertz CT molecular complexity index is 679. The second-order valence-electron chi connectivity index (χ2n) is 4.63. The number of pyridine rings is 1. The number of hydrogen-bond donors (Lipinski definition) is 2. The minimum Gasteiger partial charge on any atom is -0.478 e.